The van der Waals surface area contributed by atoms with Crippen LogP contribution in [0.1, 0.15) is 66.2 Å². The molecule has 1 unspecified atom stereocenters. The lowest BCUT2D eigenvalue weighted by molar-refractivity contribution is -0.118. The zero-order chi connectivity index (χ0) is 27.1. The number of amides is 1. The van der Waals surface area contributed by atoms with E-state index in [1.165, 1.54) is 5.57 Å². The van der Waals surface area contributed by atoms with Crippen LogP contribution in [-0.4, -0.2) is 73.5 Å². The molecule has 0 saturated carbocycles. The molecule has 218 valence electrons. The third-order valence-electron chi connectivity index (χ3n) is 7.82. The molecule has 7 nitrogen and oxygen atoms in total. The fraction of sp³-hybridized carbons (Fsp3) is 0.656. The molecule has 0 aliphatic carbocycles. The van der Waals surface area contributed by atoms with Crippen LogP contribution < -0.4 is 5.32 Å². The number of rotatable bonds is 4. The summed E-state index contributed by atoms with van der Waals surface area (Å²) in [5.74, 6) is 0.226. The molecule has 0 aromatic heterocycles. The summed E-state index contributed by atoms with van der Waals surface area (Å²) in [5, 5.41) is 14.0. The van der Waals surface area contributed by atoms with Crippen LogP contribution in [0.15, 0.2) is 60.3 Å². The Morgan fingerprint density at radius 2 is 2.00 bits per heavy atom. The van der Waals surface area contributed by atoms with Gasteiger partial charge in [-0.3, -0.25) is 4.79 Å². The van der Waals surface area contributed by atoms with E-state index in [9.17, 15) is 9.90 Å². The summed E-state index contributed by atoms with van der Waals surface area (Å²) < 4.78 is 23.8. The van der Waals surface area contributed by atoms with Crippen LogP contribution in [-0.2, 0) is 23.7 Å². The number of aliphatic hydroxyl groups excluding tert-OH is 1. The first-order valence-electron chi connectivity index (χ1n) is 14.1. The summed E-state index contributed by atoms with van der Waals surface area (Å²) in [5.41, 5.74) is 2.34. The number of epoxide rings is 1. The lowest BCUT2D eigenvalue weighted by Crippen LogP contribution is -2.44. The molecule has 1 saturated heterocycles. The van der Waals surface area contributed by atoms with Crippen molar-refractivity contribution in [1.82, 2.24) is 5.32 Å². The van der Waals surface area contributed by atoms with Crippen molar-refractivity contribution in [1.29, 1.82) is 0 Å². The molecule has 9 atom stereocenters. The van der Waals surface area contributed by atoms with Crippen molar-refractivity contribution in [3.8, 4) is 0 Å². The van der Waals surface area contributed by atoms with E-state index in [-0.39, 0.29) is 56.0 Å². The van der Waals surface area contributed by atoms with E-state index < -0.39 is 6.10 Å². The van der Waals surface area contributed by atoms with Crippen molar-refractivity contribution in [3.05, 3.63) is 60.3 Å². The molecule has 1 amide bonds. The number of ether oxygens (including phenoxy) is 4. The van der Waals surface area contributed by atoms with Gasteiger partial charge >= 0.3 is 0 Å². The van der Waals surface area contributed by atoms with Crippen LogP contribution in [0, 0.1) is 5.92 Å². The van der Waals surface area contributed by atoms with Gasteiger partial charge in [-0.05, 0) is 63.9 Å². The third kappa shape index (κ3) is 9.83. The molecule has 4 aliphatic heterocycles. The number of carbonyl (C=O) groups excluding carboxylic acids is 1. The Morgan fingerprint density at radius 3 is 2.77 bits per heavy atom. The predicted molar refractivity (Wildman–Crippen MR) is 154 cm³/mol. The van der Waals surface area contributed by atoms with Crippen LogP contribution in [0.25, 0.3) is 0 Å². The fourth-order valence-electron chi connectivity index (χ4n) is 5.79. The first-order valence-corrected chi connectivity index (χ1v) is 14.1. The number of hydrogen-bond donors (Lipinski definition) is 2. The van der Waals surface area contributed by atoms with E-state index in [0.717, 1.165) is 31.3 Å². The zero-order valence-corrected chi connectivity index (χ0v) is 23.1. The average molecular weight is 544 g/mol. The second kappa shape index (κ2) is 15.1. The largest absolute Gasteiger partial charge is 0.390 e. The van der Waals surface area contributed by atoms with Gasteiger partial charge in [-0.1, -0.05) is 68.5 Å². The summed E-state index contributed by atoms with van der Waals surface area (Å²) >= 11 is 0. The van der Waals surface area contributed by atoms with Gasteiger partial charge in [-0.25, -0.2) is 0 Å². The molecule has 0 aromatic carbocycles. The molecule has 0 radical (unpaired) electrons. The molecule has 4 aliphatic rings. The SMILES string of the molecule is C.C=C1C[C@H](C)C[C@@H]2CC=C[C@@H](C/C=C\C(=O)N[C@H]([C@H](/C=C/[C@@H]3CC(C)=CCO3)OC)C[C@@H]3OC3[C@@H](O)C1)O2. The number of aliphatic hydroxyl groups is 1. The third-order valence-corrected chi connectivity index (χ3v) is 7.82. The number of methoxy groups -OCH3 is 1. The summed E-state index contributed by atoms with van der Waals surface area (Å²) in [6, 6.07) is -0.326. The summed E-state index contributed by atoms with van der Waals surface area (Å²) in [7, 11) is 1.64. The lowest BCUT2D eigenvalue weighted by atomic mass is 9.90. The molecule has 2 N–H and O–H groups in total. The Bertz CT molecular complexity index is 939. The van der Waals surface area contributed by atoms with Gasteiger partial charge in [0.2, 0.25) is 5.91 Å². The average Bonchev–Trinajstić information content (AvgIpc) is 3.63. The van der Waals surface area contributed by atoms with Crippen LogP contribution in [0.3, 0.4) is 0 Å². The Kier molecular flexibility index (Phi) is 12.2. The van der Waals surface area contributed by atoms with E-state index in [1.807, 2.05) is 18.2 Å². The van der Waals surface area contributed by atoms with E-state index in [2.05, 4.69) is 44.0 Å². The molecular formula is C32H49NO6. The number of fused-ring (bicyclic) bond motifs is 3. The molecule has 4 rings (SSSR count). The van der Waals surface area contributed by atoms with E-state index in [4.69, 9.17) is 18.9 Å². The van der Waals surface area contributed by atoms with E-state index in [0.29, 0.717) is 31.8 Å². The highest BCUT2D eigenvalue weighted by Gasteiger charge is 2.46. The maximum Gasteiger partial charge on any atom is 0.243 e. The van der Waals surface area contributed by atoms with Crippen LogP contribution in [0.5, 0.6) is 0 Å². The van der Waals surface area contributed by atoms with Gasteiger partial charge < -0.3 is 29.4 Å². The molecule has 39 heavy (non-hydrogen) atoms. The van der Waals surface area contributed by atoms with Gasteiger partial charge in [-0.15, -0.1) is 0 Å². The monoisotopic (exact) mass is 543 g/mol. The Hall–Kier alpha value is -2.03. The van der Waals surface area contributed by atoms with Crippen molar-refractivity contribution in [2.24, 2.45) is 5.92 Å². The number of hydrogen-bond acceptors (Lipinski definition) is 6. The van der Waals surface area contributed by atoms with Crippen LogP contribution >= 0.6 is 0 Å². The van der Waals surface area contributed by atoms with Crippen LogP contribution in [0.2, 0.25) is 0 Å². The highest BCUT2D eigenvalue weighted by atomic mass is 16.6. The highest BCUT2D eigenvalue weighted by molar-refractivity contribution is 5.87. The molecule has 0 spiro atoms. The van der Waals surface area contributed by atoms with Gasteiger partial charge in [0, 0.05) is 7.11 Å². The smallest absolute Gasteiger partial charge is 0.243 e. The van der Waals surface area contributed by atoms with Gasteiger partial charge in [-0.2, -0.15) is 0 Å². The minimum absolute atomic E-state index is 0. The first-order chi connectivity index (χ1) is 18.3. The lowest BCUT2D eigenvalue weighted by Gasteiger charge is -2.28. The van der Waals surface area contributed by atoms with Gasteiger partial charge in [0.05, 0.1) is 49.3 Å². The maximum absolute atomic E-state index is 12.9. The van der Waals surface area contributed by atoms with Crippen molar-refractivity contribution < 1.29 is 28.8 Å². The quantitative estimate of drug-likeness (QED) is 0.385. The first kappa shape index (κ1) is 31.5. The topological polar surface area (TPSA) is 89.6 Å². The van der Waals surface area contributed by atoms with Gasteiger partial charge in [0.15, 0.2) is 0 Å². The maximum atomic E-state index is 12.9. The van der Waals surface area contributed by atoms with Crippen LogP contribution in [0.4, 0.5) is 0 Å². The van der Waals surface area contributed by atoms with Crippen molar-refractivity contribution in [3.63, 3.8) is 0 Å². The highest BCUT2D eigenvalue weighted by Crippen LogP contribution is 2.34. The van der Waals surface area contributed by atoms with E-state index >= 15 is 0 Å². The Labute approximate surface area is 235 Å². The van der Waals surface area contributed by atoms with Crippen molar-refractivity contribution >= 4 is 5.91 Å². The van der Waals surface area contributed by atoms with Crippen molar-refractivity contribution in [2.45, 2.75) is 115 Å². The van der Waals surface area contributed by atoms with Gasteiger partial charge in [0.1, 0.15) is 6.10 Å². The predicted octanol–water partition coefficient (Wildman–Crippen LogP) is 4.97. The van der Waals surface area contributed by atoms with E-state index in [1.54, 1.807) is 13.2 Å². The van der Waals surface area contributed by atoms with Crippen molar-refractivity contribution in [2.75, 3.05) is 13.7 Å². The number of nitrogens with one attached hydrogen (secondary N) is 1. The minimum atomic E-state index is -0.616. The zero-order valence-electron chi connectivity index (χ0n) is 23.1. The normalized spacial score (nSPS) is 37.9. The minimum Gasteiger partial charge on any atom is -0.390 e. The summed E-state index contributed by atoms with van der Waals surface area (Å²) in [4.78, 5) is 12.9. The molecule has 0 aromatic rings. The molecule has 7 heteroatoms. The molecular weight excluding hydrogens is 494 g/mol. The Morgan fingerprint density at radius 1 is 1.18 bits per heavy atom. The van der Waals surface area contributed by atoms with Gasteiger partial charge in [0.25, 0.3) is 0 Å². The summed E-state index contributed by atoms with van der Waals surface area (Å²) in [6.07, 6.45) is 17.7. The Balaban J connectivity index is 0.00000420. The second-order valence-corrected chi connectivity index (χ2v) is 11.4. The molecule has 1 fully saturated rings. The fourth-order valence-corrected chi connectivity index (χ4v) is 5.79. The molecule has 2 bridgehead atoms. The molecule has 4 heterocycles. The second-order valence-electron chi connectivity index (χ2n) is 11.4. The number of carbonyl (C=O) groups is 1. The summed E-state index contributed by atoms with van der Waals surface area (Å²) in [6.45, 7) is 9.16. The standard InChI is InChI=1S/C31H45NO6.CH4/c1-20-13-14-36-24(16-20)11-12-28(35-4)26-19-29-31(38-29)27(33)18-22(3)15-21(2)17-25-9-5-7-23(37-25)8-6-10-30(34)32-26;/h5-7,10-13,21,23-29,31,33H,3,8-9,14-19H2,1-2,4H3,(H,32,34);1H4/b10-6-,12-11+;/t21-,23-,24+,25-,26-,27-,28-,29-,31?;/m0./s1.